The van der Waals surface area contributed by atoms with Crippen molar-refractivity contribution >= 4 is 46.0 Å². The van der Waals surface area contributed by atoms with Crippen molar-refractivity contribution < 1.29 is 4.79 Å². The third kappa shape index (κ3) is 3.32. The Hall–Kier alpha value is -2.37. The average Bonchev–Trinajstić information content (AvgIpc) is 2.68. The molecule has 0 saturated carbocycles. The maximum absolute atomic E-state index is 12.6. The number of halogens is 2. The van der Waals surface area contributed by atoms with E-state index in [0.717, 1.165) is 11.0 Å². The van der Waals surface area contributed by atoms with Gasteiger partial charge in [0.25, 0.3) is 5.91 Å². The Morgan fingerprint density at radius 2 is 1.46 bits per heavy atom. The molecule has 1 fully saturated rings. The van der Waals surface area contributed by atoms with Crippen LogP contribution in [0, 0.1) is 0 Å². The van der Waals surface area contributed by atoms with Crippen LogP contribution < -0.4 is 4.90 Å². The predicted octanol–water partition coefficient (Wildman–Crippen LogP) is 3.90. The fraction of sp³-hybridized carbons (Fsp3) is 0.211. The van der Waals surface area contributed by atoms with Gasteiger partial charge in [0.15, 0.2) is 11.0 Å². The molecule has 0 unspecified atom stereocenters. The SMILES string of the molecule is O=C(c1ccc(Cl)cc1)N1CCN(c2nc3ccccc3nc2Cl)CC1. The first-order valence-electron chi connectivity index (χ1n) is 8.34. The maximum Gasteiger partial charge on any atom is 0.253 e. The Morgan fingerprint density at radius 3 is 2.12 bits per heavy atom. The lowest BCUT2D eigenvalue weighted by atomic mass is 10.2. The monoisotopic (exact) mass is 386 g/mol. The molecule has 26 heavy (non-hydrogen) atoms. The van der Waals surface area contributed by atoms with Gasteiger partial charge in [0.2, 0.25) is 0 Å². The number of piperazine rings is 1. The molecule has 0 radical (unpaired) electrons. The van der Waals surface area contributed by atoms with Crippen molar-refractivity contribution in [2.75, 3.05) is 31.1 Å². The fourth-order valence-corrected chi connectivity index (χ4v) is 3.45. The summed E-state index contributed by atoms with van der Waals surface area (Å²) in [5.74, 6) is 0.681. The number of fused-ring (bicyclic) bond motifs is 1. The van der Waals surface area contributed by atoms with Gasteiger partial charge >= 0.3 is 0 Å². The molecule has 132 valence electrons. The number of nitrogens with zero attached hydrogens (tertiary/aromatic N) is 4. The van der Waals surface area contributed by atoms with Gasteiger partial charge in [-0.25, -0.2) is 9.97 Å². The molecule has 1 aliphatic rings. The van der Waals surface area contributed by atoms with E-state index < -0.39 is 0 Å². The van der Waals surface area contributed by atoms with Gasteiger partial charge in [-0.05, 0) is 36.4 Å². The summed E-state index contributed by atoms with van der Waals surface area (Å²) in [6.45, 7) is 2.52. The first kappa shape index (κ1) is 17.1. The molecule has 0 N–H and O–H groups in total. The standard InChI is InChI=1S/C19H16Cl2N4O/c20-14-7-5-13(6-8-14)19(26)25-11-9-24(10-12-25)18-17(21)22-15-3-1-2-4-16(15)23-18/h1-8H,9-12H2. The Labute approximate surface area is 161 Å². The minimum Gasteiger partial charge on any atom is -0.350 e. The third-order valence-electron chi connectivity index (χ3n) is 4.47. The highest BCUT2D eigenvalue weighted by Crippen LogP contribution is 2.26. The van der Waals surface area contributed by atoms with E-state index in [1.165, 1.54) is 0 Å². The first-order valence-corrected chi connectivity index (χ1v) is 9.09. The van der Waals surface area contributed by atoms with Gasteiger partial charge in [-0.2, -0.15) is 0 Å². The van der Waals surface area contributed by atoms with Gasteiger partial charge in [-0.15, -0.1) is 0 Å². The average molecular weight is 387 g/mol. The summed E-state index contributed by atoms with van der Waals surface area (Å²) in [5.41, 5.74) is 2.23. The number of rotatable bonds is 2. The van der Waals surface area contributed by atoms with Crippen LogP contribution >= 0.6 is 23.2 Å². The lowest BCUT2D eigenvalue weighted by molar-refractivity contribution is 0.0746. The minimum atomic E-state index is 0.0111. The van der Waals surface area contributed by atoms with Crippen molar-refractivity contribution in [2.24, 2.45) is 0 Å². The van der Waals surface area contributed by atoms with Crippen molar-refractivity contribution in [1.29, 1.82) is 0 Å². The number of amides is 1. The quantitative estimate of drug-likeness (QED) is 0.669. The lowest BCUT2D eigenvalue weighted by Gasteiger charge is -2.35. The molecule has 0 spiro atoms. The Balaban J connectivity index is 1.49. The van der Waals surface area contributed by atoms with Crippen molar-refractivity contribution in [1.82, 2.24) is 14.9 Å². The van der Waals surface area contributed by atoms with Gasteiger partial charge in [0.05, 0.1) is 11.0 Å². The van der Waals surface area contributed by atoms with Crippen LogP contribution in [0.5, 0.6) is 0 Å². The molecule has 7 heteroatoms. The fourth-order valence-electron chi connectivity index (χ4n) is 3.07. The highest BCUT2D eigenvalue weighted by atomic mass is 35.5. The van der Waals surface area contributed by atoms with Crippen LogP contribution in [0.25, 0.3) is 11.0 Å². The van der Waals surface area contributed by atoms with E-state index in [-0.39, 0.29) is 5.91 Å². The van der Waals surface area contributed by atoms with Gasteiger partial charge in [0.1, 0.15) is 0 Å². The molecule has 1 aliphatic heterocycles. The maximum atomic E-state index is 12.6. The molecule has 5 nitrogen and oxygen atoms in total. The normalized spacial score (nSPS) is 14.7. The van der Waals surface area contributed by atoms with Crippen LogP contribution in [0.15, 0.2) is 48.5 Å². The Bertz CT molecular complexity index is 953. The van der Waals surface area contributed by atoms with E-state index in [0.29, 0.717) is 47.7 Å². The summed E-state index contributed by atoms with van der Waals surface area (Å²) in [6.07, 6.45) is 0. The van der Waals surface area contributed by atoms with E-state index in [1.807, 2.05) is 29.2 Å². The second kappa shape index (κ2) is 7.09. The Morgan fingerprint density at radius 1 is 0.846 bits per heavy atom. The summed E-state index contributed by atoms with van der Waals surface area (Å²) >= 11 is 12.2. The molecular weight excluding hydrogens is 371 g/mol. The topological polar surface area (TPSA) is 49.3 Å². The summed E-state index contributed by atoms with van der Waals surface area (Å²) in [5, 5.41) is 1.01. The van der Waals surface area contributed by atoms with Crippen LogP contribution in [0.1, 0.15) is 10.4 Å². The molecule has 4 rings (SSSR count). The van der Waals surface area contributed by atoms with Crippen LogP contribution in [-0.4, -0.2) is 47.0 Å². The highest BCUT2D eigenvalue weighted by Gasteiger charge is 2.24. The first-order chi connectivity index (χ1) is 12.6. The van der Waals surface area contributed by atoms with Crippen LogP contribution in [-0.2, 0) is 0 Å². The molecule has 3 aromatic rings. The summed E-state index contributed by atoms with van der Waals surface area (Å²) in [6, 6.07) is 14.6. The largest absolute Gasteiger partial charge is 0.350 e. The van der Waals surface area contributed by atoms with Crippen molar-refractivity contribution in [3.05, 3.63) is 64.3 Å². The van der Waals surface area contributed by atoms with Crippen molar-refractivity contribution in [2.45, 2.75) is 0 Å². The molecule has 0 atom stereocenters. The van der Waals surface area contributed by atoms with Gasteiger partial charge < -0.3 is 9.80 Å². The third-order valence-corrected chi connectivity index (χ3v) is 4.97. The van der Waals surface area contributed by atoms with Crippen LogP contribution in [0.3, 0.4) is 0 Å². The number of hydrogen-bond acceptors (Lipinski definition) is 4. The highest BCUT2D eigenvalue weighted by molar-refractivity contribution is 6.32. The summed E-state index contributed by atoms with van der Waals surface area (Å²) in [7, 11) is 0. The second-order valence-corrected chi connectivity index (χ2v) is 6.91. The smallest absolute Gasteiger partial charge is 0.253 e. The number of anilines is 1. The van der Waals surface area contributed by atoms with Crippen LogP contribution in [0.4, 0.5) is 5.82 Å². The van der Waals surface area contributed by atoms with Crippen LogP contribution in [0.2, 0.25) is 10.2 Å². The van der Waals surface area contributed by atoms with Gasteiger partial charge in [-0.3, -0.25) is 4.79 Å². The predicted molar refractivity (Wildman–Crippen MR) is 104 cm³/mol. The molecular formula is C19H16Cl2N4O. The number of hydrogen-bond donors (Lipinski definition) is 0. The second-order valence-electron chi connectivity index (χ2n) is 6.11. The number of para-hydroxylation sites is 2. The summed E-state index contributed by atoms with van der Waals surface area (Å²) in [4.78, 5) is 25.6. The zero-order valence-electron chi connectivity index (χ0n) is 13.9. The van der Waals surface area contributed by atoms with E-state index in [9.17, 15) is 4.79 Å². The molecule has 1 amide bonds. The van der Waals surface area contributed by atoms with Crippen molar-refractivity contribution in [3.8, 4) is 0 Å². The molecule has 1 aromatic heterocycles. The molecule has 0 aliphatic carbocycles. The Kier molecular flexibility index (Phi) is 4.66. The number of aromatic nitrogens is 2. The number of carbonyl (C=O) groups excluding carboxylic acids is 1. The summed E-state index contributed by atoms with van der Waals surface area (Å²) < 4.78 is 0. The number of benzene rings is 2. The zero-order valence-corrected chi connectivity index (χ0v) is 15.4. The molecule has 2 aromatic carbocycles. The van der Waals surface area contributed by atoms with Gasteiger partial charge in [-0.1, -0.05) is 35.3 Å². The van der Waals surface area contributed by atoms with E-state index >= 15 is 0 Å². The molecule has 1 saturated heterocycles. The molecule has 0 bridgehead atoms. The van der Waals surface area contributed by atoms with Crippen molar-refractivity contribution in [3.63, 3.8) is 0 Å². The molecule has 2 heterocycles. The minimum absolute atomic E-state index is 0.0111. The number of carbonyl (C=O) groups is 1. The zero-order chi connectivity index (χ0) is 18.1. The lowest BCUT2D eigenvalue weighted by Crippen LogP contribution is -2.49. The van der Waals surface area contributed by atoms with E-state index in [1.54, 1.807) is 24.3 Å². The van der Waals surface area contributed by atoms with E-state index in [2.05, 4.69) is 14.9 Å². The van der Waals surface area contributed by atoms with E-state index in [4.69, 9.17) is 23.2 Å². The van der Waals surface area contributed by atoms with Gasteiger partial charge in [0, 0.05) is 36.8 Å².